The van der Waals surface area contributed by atoms with Crippen molar-refractivity contribution in [3.63, 3.8) is 0 Å². The van der Waals surface area contributed by atoms with Gasteiger partial charge in [-0.05, 0) is 37.2 Å². The Labute approximate surface area is 133 Å². The zero-order chi connectivity index (χ0) is 15.4. The number of hydrogen-bond acceptors (Lipinski definition) is 3. The molecule has 1 atom stereocenters. The van der Waals surface area contributed by atoms with Gasteiger partial charge in [0.1, 0.15) is 17.7 Å². The lowest BCUT2D eigenvalue weighted by Crippen LogP contribution is -2.15. The molecule has 0 aliphatic carbocycles. The quantitative estimate of drug-likeness (QED) is 0.707. The van der Waals surface area contributed by atoms with E-state index in [1.807, 2.05) is 36.7 Å². The lowest BCUT2D eigenvalue weighted by Gasteiger charge is -2.19. The second kappa shape index (κ2) is 6.90. The molecule has 1 aromatic heterocycles. The van der Waals surface area contributed by atoms with Crippen molar-refractivity contribution in [2.75, 3.05) is 13.6 Å². The molecule has 22 heavy (non-hydrogen) atoms. The first kappa shape index (κ1) is 15.0. The molecule has 0 spiro atoms. The van der Waals surface area contributed by atoms with Crippen molar-refractivity contribution in [1.82, 2.24) is 5.32 Å². The molecule has 0 saturated heterocycles. The fourth-order valence-electron chi connectivity index (χ4n) is 2.50. The van der Waals surface area contributed by atoms with Crippen LogP contribution in [0.4, 0.5) is 4.39 Å². The van der Waals surface area contributed by atoms with Gasteiger partial charge in [0.25, 0.3) is 0 Å². The second-order valence-electron chi connectivity index (χ2n) is 5.11. The Morgan fingerprint density at radius 3 is 2.64 bits per heavy atom. The Morgan fingerprint density at radius 1 is 1.09 bits per heavy atom. The number of rotatable bonds is 6. The molecule has 0 aliphatic heterocycles. The minimum absolute atomic E-state index is 0.0266. The van der Waals surface area contributed by atoms with Crippen LogP contribution in [0.3, 0.4) is 0 Å². The Bertz CT molecular complexity index is 742. The van der Waals surface area contributed by atoms with E-state index < -0.39 is 0 Å². The number of benzene rings is 2. The molecule has 0 aliphatic rings. The Morgan fingerprint density at radius 2 is 1.91 bits per heavy atom. The summed E-state index contributed by atoms with van der Waals surface area (Å²) in [5.41, 5.74) is 0. The molecule has 0 bridgehead atoms. The van der Waals surface area contributed by atoms with E-state index in [0.717, 1.165) is 24.1 Å². The fraction of sp³-hybridized carbons (Fsp3) is 0.222. The van der Waals surface area contributed by atoms with Crippen molar-refractivity contribution in [3.05, 3.63) is 64.6 Å². The van der Waals surface area contributed by atoms with Gasteiger partial charge in [0.15, 0.2) is 0 Å². The van der Waals surface area contributed by atoms with Gasteiger partial charge in [0, 0.05) is 22.1 Å². The first-order valence-corrected chi connectivity index (χ1v) is 8.19. The number of hydrogen-bond donors (Lipinski definition) is 1. The summed E-state index contributed by atoms with van der Waals surface area (Å²) < 4.78 is 20.1. The standard InChI is InChI=1S/C18H18FNOS/c1-20-11-10-17(18-7-4-12-22-18)21-16-9-8-15(19)13-5-2-3-6-14(13)16/h2-9,12,17,20H,10-11H2,1H3/t17-/m0/s1/i19-1. The largest absolute Gasteiger partial charge is 0.484 e. The van der Waals surface area contributed by atoms with Crippen LogP contribution in [0, 0.1) is 5.82 Å². The molecule has 0 fully saturated rings. The number of fused-ring (bicyclic) bond motifs is 1. The van der Waals surface area contributed by atoms with Gasteiger partial charge in [0.05, 0.1) is 0 Å². The van der Waals surface area contributed by atoms with E-state index >= 15 is 0 Å². The van der Waals surface area contributed by atoms with Gasteiger partial charge < -0.3 is 10.1 Å². The van der Waals surface area contributed by atoms with Gasteiger partial charge in [0.2, 0.25) is 0 Å². The maximum absolute atomic E-state index is 13.9. The summed E-state index contributed by atoms with van der Waals surface area (Å²) in [6.45, 7) is 0.863. The molecule has 1 N–H and O–H groups in total. The van der Waals surface area contributed by atoms with Crippen molar-refractivity contribution < 1.29 is 9.13 Å². The van der Waals surface area contributed by atoms with Crippen LogP contribution in [-0.4, -0.2) is 13.6 Å². The summed E-state index contributed by atoms with van der Waals surface area (Å²) in [4.78, 5) is 1.18. The Hall–Kier alpha value is -1.91. The molecule has 2 nitrogen and oxygen atoms in total. The van der Waals surface area contributed by atoms with Crippen LogP contribution >= 0.6 is 11.3 Å². The van der Waals surface area contributed by atoms with E-state index in [4.69, 9.17) is 4.74 Å². The average molecular weight is 314 g/mol. The molecular weight excluding hydrogens is 296 g/mol. The molecule has 0 saturated carbocycles. The minimum atomic E-state index is -0.217. The third-order valence-electron chi connectivity index (χ3n) is 3.62. The van der Waals surface area contributed by atoms with Crippen LogP contribution in [0.1, 0.15) is 17.4 Å². The molecular formula is C18H18FNOS. The predicted octanol–water partition coefficient (Wildman–Crippen LogP) is 4.77. The first-order valence-electron chi connectivity index (χ1n) is 7.31. The van der Waals surface area contributed by atoms with Crippen LogP contribution in [-0.2, 0) is 0 Å². The molecule has 3 aromatic rings. The van der Waals surface area contributed by atoms with Crippen molar-refractivity contribution in [2.45, 2.75) is 12.5 Å². The summed E-state index contributed by atoms with van der Waals surface area (Å²) in [6, 6.07) is 14.7. The smallest absolute Gasteiger partial charge is 0.134 e. The number of nitrogens with one attached hydrogen (secondary N) is 1. The molecule has 0 amide bonds. The maximum Gasteiger partial charge on any atom is 0.134 e. The Kier molecular flexibility index (Phi) is 4.71. The highest BCUT2D eigenvalue weighted by atomic mass is 32.1. The summed E-state index contributed by atoms with van der Waals surface area (Å²) in [5, 5.41) is 6.62. The number of ether oxygens (including phenoxy) is 1. The Balaban J connectivity index is 1.94. The molecule has 114 valence electrons. The summed E-state index contributed by atoms with van der Waals surface area (Å²) in [6.07, 6.45) is 0.837. The molecule has 2 aromatic carbocycles. The highest BCUT2D eigenvalue weighted by molar-refractivity contribution is 7.10. The van der Waals surface area contributed by atoms with Crippen molar-refractivity contribution in [3.8, 4) is 5.75 Å². The second-order valence-corrected chi connectivity index (χ2v) is 6.08. The van der Waals surface area contributed by atoms with Gasteiger partial charge in [-0.15, -0.1) is 11.3 Å². The first-order chi connectivity index (χ1) is 10.8. The highest BCUT2D eigenvalue weighted by Gasteiger charge is 2.16. The van der Waals surface area contributed by atoms with E-state index in [9.17, 15) is 4.39 Å². The highest BCUT2D eigenvalue weighted by Crippen LogP contribution is 2.33. The van der Waals surface area contributed by atoms with Gasteiger partial charge >= 0.3 is 0 Å². The van der Waals surface area contributed by atoms with Crippen molar-refractivity contribution in [1.29, 1.82) is 0 Å². The van der Waals surface area contributed by atoms with Gasteiger partial charge in [-0.1, -0.05) is 30.3 Å². The maximum atomic E-state index is 13.9. The van der Waals surface area contributed by atoms with E-state index in [1.165, 1.54) is 10.9 Å². The monoisotopic (exact) mass is 314 g/mol. The fourth-order valence-corrected chi connectivity index (χ4v) is 3.29. The normalized spacial score (nSPS) is 12.5. The third kappa shape index (κ3) is 3.13. The van der Waals surface area contributed by atoms with Crippen LogP contribution in [0.2, 0.25) is 0 Å². The zero-order valence-corrected chi connectivity index (χ0v) is 13.2. The molecule has 1 heterocycles. The SMILES string of the molecule is CNCC[C@H](Oc1ccc([18F])c2ccccc12)c1cccs1. The topological polar surface area (TPSA) is 21.3 Å². The zero-order valence-electron chi connectivity index (χ0n) is 12.4. The van der Waals surface area contributed by atoms with Crippen molar-refractivity contribution in [2.24, 2.45) is 0 Å². The summed E-state index contributed by atoms with van der Waals surface area (Å²) in [5.74, 6) is 0.511. The number of halogens is 1. The lowest BCUT2D eigenvalue weighted by atomic mass is 10.1. The molecule has 3 rings (SSSR count). The summed E-state index contributed by atoms with van der Waals surface area (Å²) >= 11 is 1.68. The van der Waals surface area contributed by atoms with Gasteiger partial charge in [-0.2, -0.15) is 0 Å². The van der Waals surface area contributed by atoms with Crippen LogP contribution in [0.5, 0.6) is 5.75 Å². The third-order valence-corrected chi connectivity index (χ3v) is 4.58. The van der Waals surface area contributed by atoms with E-state index in [-0.39, 0.29) is 11.9 Å². The van der Waals surface area contributed by atoms with Crippen LogP contribution in [0.15, 0.2) is 53.9 Å². The number of thiophene rings is 1. The van der Waals surface area contributed by atoms with Crippen molar-refractivity contribution >= 4 is 22.1 Å². The molecule has 0 radical (unpaired) electrons. The molecule has 4 heteroatoms. The van der Waals surface area contributed by atoms with E-state index in [1.54, 1.807) is 23.5 Å². The predicted molar refractivity (Wildman–Crippen MR) is 90.1 cm³/mol. The molecule has 0 unspecified atom stereocenters. The summed E-state index contributed by atoms with van der Waals surface area (Å²) in [7, 11) is 1.93. The van der Waals surface area contributed by atoms with Gasteiger partial charge in [-0.25, -0.2) is 4.39 Å². The average Bonchev–Trinajstić information content (AvgIpc) is 3.08. The lowest BCUT2D eigenvalue weighted by molar-refractivity contribution is 0.201. The van der Waals surface area contributed by atoms with Gasteiger partial charge in [-0.3, -0.25) is 0 Å². The minimum Gasteiger partial charge on any atom is -0.484 e. The van der Waals surface area contributed by atoms with Crippen LogP contribution in [0.25, 0.3) is 10.8 Å². The van der Waals surface area contributed by atoms with Crippen LogP contribution < -0.4 is 10.1 Å². The van der Waals surface area contributed by atoms with E-state index in [0.29, 0.717) is 5.39 Å². The van der Waals surface area contributed by atoms with E-state index in [2.05, 4.69) is 11.4 Å².